The Morgan fingerprint density at radius 3 is 2.14 bits per heavy atom. The summed E-state index contributed by atoms with van der Waals surface area (Å²) < 4.78 is 36.6. The molecule has 0 bridgehead atoms. The van der Waals surface area contributed by atoms with E-state index in [0.29, 0.717) is 6.61 Å². The van der Waals surface area contributed by atoms with E-state index in [4.69, 9.17) is 8.61 Å². The van der Waals surface area contributed by atoms with Crippen molar-refractivity contribution in [1.29, 1.82) is 0 Å². The van der Waals surface area contributed by atoms with Crippen LogP contribution in [0.2, 0.25) is 19.6 Å². The van der Waals surface area contributed by atoms with E-state index in [1.54, 1.807) is 19.6 Å². The van der Waals surface area contributed by atoms with Crippen LogP contribution >= 0.6 is 0 Å². The van der Waals surface area contributed by atoms with Crippen molar-refractivity contribution in [2.45, 2.75) is 26.6 Å². The van der Waals surface area contributed by atoms with Gasteiger partial charge >= 0.3 is 10.4 Å². The molecule has 0 aliphatic carbocycles. The Morgan fingerprint density at radius 1 is 1.14 bits per heavy atom. The first-order valence-corrected chi connectivity index (χ1v) is 9.19. The summed E-state index contributed by atoms with van der Waals surface area (Å²) in [6.07, 6.45) is 0. The number of rotatable bonds is 7. The molecule has 0 radical (unpaired) electrons. The molecule has 0 aromatic carbocycles. The van der Waals surface area contributed by atoms with E-state index >= 15 is 0 Å². The van der Waals surface area contributed by atoms with Gasteiger partial charge in [0.05, 0.1) is 13.2 Å². The molecule has 0 aromatic rings. The largest absolute Gasteiger partial charge is 0.390 e. The number of hydrogen-bond donors (Lipinski definition) is 0. The highest BCUT2D eigenvalue weighted by Crippen LogP contribution is 2.09. The second-order valence-corrected chi connectivity index (χ2v) is 9.57. The van der Waals surface area contributed by atoms with Crippen LogP contribution in [0.5, 0.6) is 0 Å². The van der Waals surface area contributed by atoms with Gasteiger partial charge in [-0.25, -0.2) is 4.18 Å². The molecular weight excluding hydrogens is 224 g/mol. The van der Waals surface area contributed by atoms with E-state index in [1.165, 1.54) is 0 Å². The molecule has 5 nitrogen and oxygen atoms in total. The lowest BCUT2D eigenvalue weighted by Crippen LogP contribution is -2.30. The van der Waals surface area contributed by atoms with Crippen molar-refractivity contribution in [3.63, 3.8) is 0 Å². The van der Waals surface area contributed by atoms with E-state index in [1.807, 2.05) is 6.92 Å². The van der Waals surface area contributed by atoms with Crippen molar-refractivity contribution in [2.75, 3.05) is 19.8 Å². The highest BCUT2D eigenvalue weighted by molar-refractivity contribution is 7.83. The topological polar surface area (TPSA) is 61.8 Å². The van der Waals surface area contributed by atoms with Crippen LogP contribution in [0.1, 0.15) is 6.92 Å². The summed E-state index contributed by atoms with van der Waals surface area (Å²) in [6, 6.07) is 0. The molecule has 0 amide bonds. The monoisotopic (exact) mass is 242 g/mol. The molecule has 0 fully saturated rings. The molecule has 0 aliphatic heterocycles. The van der Waals surface area contributed by atoms with Gasteiger partial charge in [-0.15, -0.1) is 0 Å². The maximum atomic E-state index is 11.1. The average molecular weight is 242 g/mol. The van der Waals surface area contributed by atoms with Gasteiger partial charge in [0, 0.05) is 6.61 Å². The fraction of sp³-hybridized carbons (Fsp3) is 1.00. The Balaban J connectivity index is 3.86. The van der Waals surface area contributed by atoms with Gasteiger partial charge in [-0.3, -0.25) is 3.87 Å². The molecule has 0 heterocycles. The van der Waals surface area contributed by atoms with Crippen molar-refractivity contribution >= 4 is 18.7 Å². The van der Waals surface area contributed by atoms with Crippen molar-refractivity contribution in [1.82, 2.24) is 0 Å². The second kappa shape index (κ2) is 5.81. The minimum absolute atomic E-state index is 0.000648. The molecule has 86 valence electrons. The van der Waals surface area contributed by atoms with Crippen molar-refractivity contribution in [3.8, 4) is 0 Å². The third kappa shape index (κ3) is 8.64. The Hall–Kier alpha value is 0.0469. The van der Waals surface area contributed by atoms with Crippen LogP contribution < -0.4 is 0 Å². The third-order valence-corrected chi connectivity index (χ3v) is 4.28. The summed E-state index contributed by atoms with van der Waals surface area (Å²) in [5, 5.41) is 0. The zero-order chi connectivity index (χ0) is 11.2. The lowest BCUT2D eigenvalue weighted by molar-refractivity contribution is 0.107. The summed E-state index contributed by atoms with van der Waals surface area (Å²) in [4.78, 5) is 0. The standard InChI is InChI=1S/C7H18O5SSi/c1-5-10-6-7-11-13(8,9)12-14(2,3)4/h5-7H2,1-4H3. The lowest BCUT2D eigenvalue weighted by Gasteiger charge is -2.15. The average Bonchev–Trinajstić information content (AvgIpc) is 1.93. The SMILES string of the molecule is CCOCCOS(=O)(=O)O[Si](C)(C)C. The van der Waals surface area contributed by atoms with Crippen molar-refractivity contribution in [2.24, 2.45) is 0 Å². The molecule has 14 heavy (non-hydrogen) atoms. The fourth-order valence-electron chi connectivity index (χ4n) is 0.670. The normalized spacial score (nSPS) is 13.1. The molecule has 0 unspecified atom stereocenters. The van der Waals surface area contributed by atoms with E-state index in [9.17, 15) is 8.42 Å². The summed E-state index contributed by atoms with van der Waals surface area (Å²) in [6.45, 7) is 7.94. The van der Waals surface area contributed by atoms with Crippen LogP contribution in [0, 0.1) is 0 Å². The van der Waals surface area contributed by atoms with Crippen LogP contribution in [-0.2, 0) is 23.2 Å². The molecule has 0 aliphatic rings. The van der Waals surface area contributed by atoms with E-state index < -0.39 is 18.7 Å². The van der Waals surface area contributed by atoms with Gasteiger partial charge in [-0.05, 0) is 26.6 Å². The number of ether oxygens (including phenoxy) is 1. The fourth-order valence-corrected chi connectivity index (χ4v) is 3.58. The van der Waals surface area contributed by atoms with Crippen LogP contribution in [-0.4, -0.2) is 36.6 Å². The summed E-state index contributed by atoms with van der Waals surface area (Å²) in [5.41, 5.74) is 0. The van der Waals surface area contributed by atoms with E-state index in [2.05, 4.69) is 4.18 Å². The predicted octanol–water partition coefficient (Wildman–Crippen LogP) is 1.14. The molecule has 0 rings (SSSR count). The molecular formula is C7H18O5SSi. The van der Waals surface area contributed by atoms with Gasteiger partial charge in [0.2, 0.25) is 8.32 Å². The second-order valence-electron chi connectivity index (χ2n) is 3.62. The molecule has 0 atom stereocenters. The van der Waals surface area contributed by atoms with Crippen LogP contribution in [0.25, 0.3) is 0 Å². The van der Waals surface area contributed by atoms with Gasteiger partial charge in [-0.1, -0.05) is 0 Å². The molecule has 0 saturated heterocycles. The van der Waals surface area contributed by atoms with Gasteiger partial charge < -0.3 is 4.74 Å². The Bertz CT molecular complexity index is 243. The van der Waals surface area contributed by atoms with Crippen LogP contribution in [0.3, 0.4) is 0 Å². The van der Waals surface area contributed by atoms with Gasteiger partial charge in [-0.2, -0.15) is 8.42 Å². The molecule has 0 N–H and O–H groups in total. The zero-order valence-corrected chi connectivity index (χ0v) is 10.9. The first-order valence-electron chi connectivity index (χ1n) is 4.44. The third-order valence-electron chi connectivity index (χ3n) is 1.01. The zero-order valence-electron chi connectivity index (χ0n) is 9.07. The van der Waals surface area contributed by atoms with E-state index in [0.717, 1.165) is 0 Å². The van der Waals surface area contributed by atoms with E-state index in [-0.39, 0.29) is 13.2 Å². The Labute approximate surface area is 86.8 Å². The summed E-state index contributed by atoms with van der Waals surface area (Å²) in [5.74, 6) is 0. The highest BCUT2D eigenvalue weighted by atomic mass is 32.3. The Morgan fingerprint density at radius 2 is 1.71 bits per heavy atom. The van der Waals surface area contributed by atoms with Crippen LogP contribution in [0.4, 0.5) is 0 Å². The quantitative estimate of drug-likeness (QED) is 0.495. The van der Waals surface area contributed by atoms with Gasteiger partial charge in [0.25, 0.3) is 0 Å². The molecule has 0 saturated carbocycles. The smallest absolute Gasteiger partial charge is 0.379 e. The maximum absolute atomic E-state index is 11.1. The first kappa shape index (κ1) is 14.0. The molecule has 0 spiro atoms. The predicted molar refractivity (Wildman–Crippen MR) is 55.8 cm³/mol. The summed E-state index contributed by atoms with van der Waals surface area (Å²) in [7, 11) is -5.95. The first-order chi connectivity index (χ1) is 6.27. The molecule has 0 aromatic heterocycles. The minimum atomic E-state index is -3.84. The maximum Gasteiger partial charge on any atom is 0.390 e. The Kier molecular flexibility index (Phi) is 5.83. The van der Waals surface area contributed by atoms with Crippen LogP contribution in [0.15, 0.2) is 0 Å². The number of hydrogen-bond acceptors (Lipinski definition) is 5. The minimum Gasteiger partial charge on any atom is -0.379 e. The lowest BCUT2D eigenvalue weighted by atomic mass is 10.8. The molecule has 7 heteroatoms. The van der Waals surface area contributed by atoms with Gasteiger partial charge in [0.1, 0.15) is 0 Å². The van der Waals surface area contributed by atoms with Gasteiger partial charge in [0.15, 0.2) is 0 Å². The summed E-state index contributed by atoms with van der Waals surface area (Å²) >= 11 is 0. The van der Waals surface area contributed by atoms with Crippen molar-refractivity contribution < 1.29 is 21.2 Å². The van der Waals surface area contributed by atoms with Crippen molar-refractivity contribution in [3.05, 3.63) is 0 Å². The highest BCUT2D eigenvalue weighted by Gasteiger charge is 2.24.